The van der Waals surface area contributed by atoms with Crippen molar-refractivity contribution in [1.29, 1.82) is 0 Å². The smallest absolute Gasteiger partial charge is 0.254 e. The number of methoxy groups -OCH3 is 2. The minimum atomic E-state index is 0.0226. The molecule has 0 aliphatic carbocycles. The lowest BCUT2D eigenvalue weighted by atomic mass is 10.1. The zero-order valence-electron chi connectivity index (χ0n) is 12.3. The molecule has 0 saturated carbocycles. The van der Waals surface area contributed by atoms with Crippen LogP contribution in [0.3, 0.4) is 0 Å². The van der Waals surface area contributed by atoms with Gasteiger partial charge in [-0.05, 0) is 44.0 Å². The number of carbonyl (C=O) groups is 1. The van der Waals surface area contributed by atoms with Crippen LogP contribution in [0.2, 0.25) is 0 Å². The van der Waals surface area contributed by atoms with Crippen LogP contribution in [0.4, 0.5) is 0 Å². The number of hydrogen-bond donors (Lipinski definition) is 1. The minimum Gasteiger partial charge on any atom is -0.493 e. The van der Waals surface area contributed by atoms with Gasteiger partial charge in [0.1, 0.15) is 0 Å². The Morgan fingerprint density at radius 2 is 2.05 bits per heavy atom. The molecule has 0 spiro atoms. The van der Waals surface area contributed by atoms with Crippen molar-refractivity contribution in [3.8, 4) is 11.5 Å². The van der Waals surface area contributed by atoms with Crippen LogP contribution < -0.4 is 15.2 Å². The molecule has 20 heavy (non-hydrogen) atoms. The van der Waals surface area contributed by atoms with Crippen molar-refractivity contribution in [3.05, 3.63) is 23.8 Å². The van der Waals surface area contributed by atoms with E-state index >= 15 is 0 Å². The zero-order valence-corrected chi connectivity index (χ0v) is 12.3. The van der Waals surface area contributed by atoms with E-state index in [-0.39, 0.29) is 11.9 Å². The summed E-state index contributed by atoms with van der Waals surface area (Å²) in [6.07, 6.45) is 0.968. The summed E-state index contributed by atoms with van der Waals surface area (Å²) in [5, 5.41) is 0. The maximum atomic E-state index is 12.6. The zero-order chi connectivity index (χ0) is 14.7. The van der Waals surface area contributed by atoms with Crippen LogP contribution >= 0.6 is 0 Å². The molecule has 5 heteroatoms. The van der Waals surface area contributed by atoms with Gasteiger partial charge in [0.2, 0.25) is 0 Å². The van der Waals surface area contributed by atoms with Crippen LogP contribution in [0.25, 0.3) is 0 Å². The van der Waals surface area contributed by atoms with Crippen LogP contribution in [0.1, 0.15) is 23.7 Å². The van der Waals surface area contributed by atoms with Crippen LogP contribution in [0.15, 0.2) is 18.2 Å². The first-order valence-electron chi connectivity index (χ1n) is 6.83. The summed E-state index contributed by atoms with van der Waals surface area (Å²) < 4.78 is 10.4. The van der Waals surface area contributed by atoms with Crippen molar-refractivity contribution >= 4 is 5.91 Å². The Hall–Kier alpha value is -1.75. The first-order chi connectivity index (χ1) is 9.60. The van der Waals surface area contributed by atoms with E-state index < -0.39 is 0 Å². The van der Waals surface area contributed by atoms with Gasteiger partial charge in [0, 0.05) is 18.2 Å². The highest BCUT2D eigenvalue weighted by Gasteiger charge is 2.32. The normalized spacial score (nSPS) is 21.9. The van der Waals surface area contributed by atoms with Crippen LogP contribution in [-0.2, 0) is 0 Å². The van der Waals surface area contributed by atoms with Crippen molar-refractivity contribution in [1.82, 2.24) is 4.90 Å². The molecule has 0 aromatic heterocycles. The molecule has 1 saturated heterocycles. The Bertz CT molecular complexity index is 490. The van der Waals surface area contributed by atoms with Crippen molar-refractivity contribution in [2.45, 2.75) is 19.4 Å². The molecule has 1 aliphatic rings. The van der Waals surface area contributed by atoms with E-state index in [0.29, 0.717) is 29.5 Å². The molecule has 2 rings (SSSR count). The summed E-state index contributed by atoms with van der Waals surface area (Å²) in [7, 11) is 3.14. The van der Waals surface area contributed by atoms with Gasteiger partial charge in [0.15, 0.2) is 11.5 Å². The summed E-state index contributed by atoms with van der Waals surface area (Å²) in [4.78, 5) is 14.5. The van der Waals surface area contributed by atoms with Crippen LogP contribution in [0, 0.1) is 5.92 Å². The number of benzene rings is 1. The van der Waals surface area contributed by atoms with E-state index in [4.69, 9.17) is 15.2 Å². The highest BCUT2D eigenvalue weighted by atomic mass is 16.5. The van der Waals surface area contributed by atoms with E-state index in [9.17, 15) is 4.79 Å². The summed E-state index contributed by atoms with van der Waals surface area (Å²) in [6.45, 7) is 3.42. The number of likely N-dealkylation sites (tertiary alicyclic amines) is 1. The first-order valence-corrected chi connectivity index (χ1v) is 6.83. The number of nitrogens with two attached hydrogens (primary N) is 1. The molecule has 1 fully saturated rings. The Morgan fingerprint density at radius 3 is 2.60 bits per heavy atom. The molecule has 110 valence electrons. The molecule has 2 N–H and O–H groups in total. The van der Waals surface area contributed by atoms with Crippen molar-refractivity contribution in [2.24, 2.45) is 11.7 Å². The monoisotopic (exact) mass is 278 g/mol. The highest BCUT2D eigenvalue weighted by molar-refractivity contribution is 5.95. The number of nitrogens with zero attached hydrogens (tertiary/aromatic N) is 1. The largest absolute Gasteiger partial charge is 0.493 e. The number of carbonyl (C=O) groups excluding carboxylic acids is 1. The van der Waals surface area contributed by atoms with Gasteiger partial charge in [-0.15, -0.1) is 0 Å². The third kappa shape index (κ3) is 2.72. The Kier molecular flexibility index (Phi) is 4.49. The van der Waals surface area contributed by atoms with Crippen LogP contribution in [-0.4, -0.2) is 44.2 Å². The third-order valence-electron chi connectivity index (χ3n) is 3.89. The Morgan fingerprint density at radius 1 is 1.35 bits per heavy atom. The molecule has 0 bridgehead atoms. The molecule has 2 atom stereocenters. The molecule has 1 aliphatic heterocycles. The van der Waals surface area contributed by atoms with E-state index in [1.165, 1.54) is 0 Å². The number of hydrogen-bond acceptors (Lipinski definition) is 4. The average Bonchev–Trinajstić information content (AvgIpc) is 2.86. The van der Waals surface area contributed by atoms with Gasteiger partial charge in [-0.25, -0.2) is 0 Å². The fraction of sp³-hybridized carbons (Fsp3) is 0.533. The van der Waals surface area contributed by atoms with Gasteiger partial charge < -0.3 is 20.1 Å². The number of ether oxygens (including phenoxy) is 2. The average molecular weight is 278 g/mol. The molecule has 5 nitrogen and oxygen atoms in total. The number of amides is 1. The van der Waals surface area contributed by atoms with Crippen molar-refractivity contribution in [2.75, 3.05) is 27.3 Å². The lowest BCUT2D eigenvalue weighted by Crippen LogP contribution is -2.34. The van der Waals surface area contributed by atoms with Crippen molar-refractivity contribution in [3.63, 3.8) is 0 Å². The van der Waals surface area contributed by atoms with Gasteiger partial charge in [-0.3, -0.25) is 4.79 Å². The molecule has 1 aromatic carbocycles. The molecule has 2 unspecified atom stereocenters. The minimum absolute atomic E-state index is 0.0226. The van der Waals surface area contributed by atoms with Gasteiger partial charge in [0.05, 0.1) is 14.2 Å². The summed E-state index contributed by atoms with van der Waals surface area (Å²) in [5.74, 6) is 1.61. The SMILES string of the molecule is COc1ccc(C(=O)N2CC(CN)CC2C)cc1OC. The van der Waals surface area contributed by atoms with Gasteiger partial charge in [0.25, 0.3) is 5.91 Å². The second-order valence-electron chi connectivity index (χ2n) is 5.21. The lowest BCUT2D eigenvalue weighted by molar-refractivity contribution is 0.0743. The molecule has 1 heterocycles. The standard InChI is InChI=1S/C15H22N2O3/c1-10-6-11(8-16)9-17(10)15(18)12-4-5-13(19-2)14(7-12)20-3/h4-5,7,10-11H,6,8-9,16H2,1-3H3. The fourth-order valence-corrected chi connectivity index (χ4v) is 2.73. The molecular weight excluding hydrogens is 256 g/mol. The summed E-state index contributed by atoms with van der Waals surface area (Å²) in [5.41, 5.74) is 6.32. The Labute approximate surface area is 119 Å². The molecule has 1 amide bonds. The van der Waals surface area contributed by atoms with Crippen molar-refractivity contribution < 1.29 is 14.3 Å². The molecule has 1 aromatic rings. The summed E-state index contributed by atoms with van der Waals surface area (Å²) >= 11 is 0. The van der Waals surface area contributed by atoms with Gasteiger partial charge in [-0.2, -0.15) is 0 Å². The van der Waals surface area contributed by atoms with E-state index in [1.54, 1.807) is 32.4 Å². The maximum Gasteiger partial charge on any atom is 0.254 e. The van der Waals surface area contributed by atoms with E-state index in [0.717, 1.165) is 13.0 Å². The van der Waals surface area contributed by atoms with E-state index in [1.807, 2.05) is 4.90 Å². The van der Waals surface area contributed by atoms with Crippen LogP contribution in [0.5, 0.6) is 11.5 Å². The second kappa shape index (κ2) is 6.13. The third-order valence-corrected chi connectivity index (χ3v) is 3.89. The lowest BCUT2D eigenvalue weighted by Gasteiger charge is -2.22. The quantitative estimate of drug-likeness (QED) is 0.906. The highest BCUT2D eigenvalue weighted by Crippen LogP contribution is 2.30. The second-order valence-corrected chi connectivity index (χ2v) is 5.21. The maximum absolute atomic E-state index is 12.6. The van der Waals surface area contributed by atoms with Gasteiger partial charge in [-0.1, -0.05) is 0 Å². The Balaban J connectivity index is 2.21. The number of rotatable bonds is 4. The predicted octanol–water partition coefficient (Wildman–Crippen LogP) is 1.51. The summed E-state index contributed by atoms with van der Waals surface area (Å²) in [6, 6.07) is 5.48. The first kappa shape index (κ1) is 14.7. The molecular formula is C15H22N2O3. The van der Waals surface area contributed by atoms with E-state index in [2.05, 4.69) is 6.92 Å². The molecule has 0 radical (unpaired) electrons. The fourth-order valence-electron chi connectivity index (χ4n) is 2.73. The topological polar surface area (TPSA) is 64.8 Å². The van der Waals surface area contributed by atoms with Gasteiger partial charge >= 0.3 is 0 Å². The predicted molar refractivity (Wildman–Crippen MR) is 77.2 cm³/mol.